The van der Waals surface area contributed by atoms with Gasteiger partial charge >= 0.3 is 5.66 Å². The topological polar surface area (TPSA) is 104 Å². The highest BCUT2D eigenvalue weighted by Crippen LogP contribution is 2.35. The van der Waals surface area contributed by atoms with Gasteiger partial charge in [0.1, 0.15) is 18.1 Å². The third-order valence-electron chi connectivity index (χ3n) is 7.62. The summed E-state index contributed by atoms with van der Waals surface area (Å²) in [6, 6.07) is 15.5. The van der Waals surface area contributed by atoms with Gasteiger partial charge in [0, 0.05) is 48.4 Å². The quantitative estimate of drug-likeness (QED) is 0.173. The van der Waals surface area contributed by atoms with Gasteiger partial charge in [0.15, 0.2) is 0 Å². The summed E-state index contributed by atoms with van der Waals surface area (Å²) < 4.78 is 18.6. The average Bonchev–Trinajstić information content (AvgIpc) is 3.81. The SMILES string of the molecule is COc1cc(OCC2CCCO2)ccc1/C=C/C1=CC(n2cccn2)([N+](=O)[O-])CC(/C=C/c2ccc3cc[nH]c3c2)=C1. The lowest BCUT2D eigenvalue weighted by Gasteiger charge is -2.26. The van der Waals surface area contributed by atoms with Crippen molar-refractivity contribution >= 4 is 23.1 Å². The molecule has 2 aromatic carbocycles. The first-order valence-corrected chi connectivity index (χ1v) is 14.0. The van der Waals surface area contributed by atoms with Gasteiger partial charge in [-0.3, -0.25) is 10.1 Å². The zero-order valence-electron chi connectivity index (χ0n) is 23.3. The number of fused-ring (bicyclic) bond motifs is 1. The molecule has 3 heterocycles. The molecule has 1 N–H and O–H groups in total. The molecule has 2 aromatic heterocycles. The molecule has 0 saturated carbocycles. The monoisotopic (exact) mass is 564 g/mol. The summed E-state index contributed by atoms with van der Waals surface area (Å²) >= 11 is 0. The third-order valence-corrected chi connectivity index (χ3v) is 7.62. The van der Waals surface area contributed by atoms with Crippen LogP contribution >= 0.6 is 0 Å². The molecule has 1 saturated heterocycles. The van der Waals surface area contributed by atoms with Gasteiger partial charge in [-0.05, 0) is 65.3 Å². The number of hydrogen-bond acceptors (Lipinski definition) is 6. The molecule has 1 aliphatic carbocycles. The van der Waals surface area contributed by atoms with Gasteiger partial charge in [0.05, 0.1) is 24.6 Å². The van der Waals surface area contributed by atoms with Crippen LogP contribution in [0.3, 0.4) is 0 Å². The van der Waals surface area contributed by atoms with Crippen LogP contribution in [0.1, 0.15) is 30.4 Å². The van der Waals surface area contributed by atoms with Crippen LogP contribution in [0.25, 0.3) is 23.1 Å². The largest absolute Gasteiger partial charge is 0.496 e. The molecule has 4 aromatic rings. The van der Waals surface area contributed by atoms with Crippen molar-refractivity contribution in [3.63, 3.8) is 0 Å². The minimum atomic E-state index is -1.56. The first kappa shape index (κ1) is 27.3. The van der Waals surface area contributed by atoms with E-state index in [4.69, 9.17) is 14.2 Å². The van der Waals surface area contributed by atoms with E-state index in [2.05, 4.69) is 16.1 Å². The Labute approximate surface area is 243 Å². The maximum atomic E-state index is 12.6. The van der Waals surface area contributed by atoms with Crippen LogP contribution in [-0.2, 0) is 10.4 Å². The number of H-pyrrole nitrogens is 1. The standard InChI is InChI=1S/C33H32N4O5/c1-40-32-20-29(42-23-30-4-2-17-41-30)12-11-28(32)10-8-26-18-25(6-5-24-7-9-27-13-15-34-31(27)19-24)21-33(22-26,37(38)39)36-16-3-14-35-36/h3,5-16,18-20,22,30,34H,2,4,17,21,23H2,1H3/b6-5+,10-8+. The van der Waals surface area contributed by atoms with Crippen LogP contribution in [0.5, 0.6) is 11.5 Å². The molecule has 9 nitrogen and oxygen atoms in total. The van der Waals surface area contributed by atoms with E-state index in [9.17, 15) is 10.1 Å². The number of nitrogens with one attached hydrogen (secondary N) is 1. The van der Waals surface area contributed by atoms with E-state index in [1.54, 1.807) is 31.6 Å². The molecule has 2 unspecified atom stereocenters. The smallest absolute Gasteiger partial charge is 0.338 e. The van der Waals surface area contributed by atoms with E-state index in [0.717, 1.165) is 47.1 Å². The zero-order valence-corrected chi connectivity index (χ0v) is 23.3. The van der Waals surface area contributed by atoms with Crippen LogP contribution in [0, 0.1) is 10.1 Å². The highest BCUT2D eigenvalue weighted by Gasteiger charge is 2.45. The van der Waals surface area contributed by atoms with Gasteiger partial charge in [-0.1, -0.05) is 42.5 Å². The molecule has 0 spiro atoms. The van der Waals surface area contributed by atoms with Crippen molar-refractivity contribution in [2.75, 3.05) is 20.3 Å². The Morgan fingerprint density at radius 1 is 1.19 bits per heavy atom. The van der Waals surface area contributed by atoms with Crippen molar-refractivity contribution in [1.82, 2.24) is 14.8 Å². The number of nitro groups is 1. The number of ether oxygens (including phenoxy) is 3. The van der Waals surface area contributed by atoms with Crippen molar-refractivity contribution < 1.29 is 19.1 Å². The lowest BCUT2D eigenvalue weighted by molar-refractivity contribution is -0.587. The van der Waals surface area contributed by atoms with Gasteiger partial charge < -0.3 is 19.2 Å². The molecule has 2 atom stereocenters. The summed E-state index contributed by atoms with van der Waals surface area (Å²) in [6.07, 6.45) is 18.7. The lowest BCUT2D eigenvalue weighted by Crippen LogP contribution is -2.42. The second-order valence-electron chi connectivity index (χ2n) is 10.5. The highest BCUT2D eigenvalue weighted by molar-refractivity contribution is 5.82. The summed E-state index contributed by atoms with van der Waals surface area (Å²) in [5, 5.41) is 18.0. The molecule has 6 rings (SSSR count). The Balaban J connectivity index is 1.29. The Morgan fingerprint density at radius 3 is 2.90 bits per heavy atom. The molecule has 0 amide bonds. The number of allylic oxidation sites excluding steroid dienone is 4. The number of rotatable bonds is 10. The average molecular weight is 565 g/mol. The summed E-state index contributed by atoms with van der Waals surface area (Å²) in [5.74, 6) is 1.34. The number of aromatic nitrogens is 3. The predicted octanol–water partition coefficient (Wildman–Crippen LogP) is 6.54. The van der Waals surface area contributed by atoms with Gasteiger partial charge in [-0.15, -0.1) is 0 Å². The van der Waals surface area contributed by atoms with Gasteiger partial charge in [0.25, 0.3) is 0 Å². The number of nitrogens with zero attached hydrogens (tertiary/aromatic N) is 3. The fourth-order valence-corrected chi connectivity index (χ4v) is 5.42. The molecule has 1 aliphatic heterocycles. The zero-order chi connectivity index (χ0) is 28.9. The Bertz CT molecular complexity index is 1690. The van der Waals surface area contributed by atoms with Crippen molar-refractivity contribution in [2.45, 2.75) is 31.0 Å². The van der Waals surface area contributed by atoms with Gasteiger partial charge in [0.2, 0.25) is 0 Å². The fourth-order valence-electron chi connectivity index (χ4n) is 5.42. The molecule has 42 heavy (non-hydrogen) atoms. The number of hydrogen-bond donors (Lipinski definition) is 1. The Hall–Kier alpha value is -4.89. The molecular weight excluding hydrogens is 532 g/mol. The van der Waals surface area contributed by atoms with Gasteiger partial charge in [-0.2, -0.15) is 9.78 Å². The number of aromatic amines is 1. The molecular formula is C33H32N4O5. The molecule has 2 aliphatic rings. The summed E-state index contributed by atoms with van der Waals surface area (Å²) in [4.78, 5) is 15.6. The van der Waals surface area contributed by atoms with E-state index in [-0.39, 0.29) is 17.4 Å². The van der Waals surface area contributed by atoms with E-state index >= 15 is 0 Å². The molecule has 214 valence electrons. The van der Waals surface area contributed by atoms with E-state index in [1.807, 2.05) is 73.0 Å². The normalized spacial score (nSPS) is 20.7. The van der Waals surface area contributed by atoms with Gasteiger partial charge in [-0.25, -0.2) is 0 Å². The van der Waals surface area contributed by atoms with Crippen molar-refractivity contribution in [3.8, 4) is 11.5 Å². The fraction of sp³-hybridized carbons (Fsp3) is 0.242. The minimum absolute atomic E-state index is 0.122. The molecule has 0 radical (unpaired) electrons. The first-order chi connectivity index (χ1) is 20.5. The third kappa shape index (κ3) is 5.77. The van der Waals surface area contributed by atoms with E-state index in [0.29, 0.717) is 23.7 Å². The Morgan fingerprint density at radius 2 is 2.12 bits per heavy atom. The lowest BCUT2D eigenvalue weighted by atomic mass is 9.89. The van der Waals surface area contributed by atoms with Crippen LogP contribution in [0.4, 0.5) is 0 Å². The second-order valence-corrected chi connectivity index (χ2v) is 10.5. The van der Waals surface area contributed by atoms with Crippen molar-refractivity contribution in [1.29, 1.82) is 0 Å². The van der Waals surface area contributed by atoms with Crippen LogP contribution < -0.4 is 9.47 Å². The van der Waals surface area contributed by atoms with Crippen LogP contribution in [0.2, 0.25) is 0 Å². The Kier molecular flexibility index (Phi) is 7.74. The second kappa shape index (κ2) is 11.9. The van der Waals surface area contributed by atoms with E-state index < -0.39 is 5.66 Å². The highest BCUT2D eigenvalue weighted by atomic mass is 16.6. The minimum Gasteiger partial charge on any atom is -0.496 e. The molecule has 9 heteroatoms. The predicted molar refractivity (Wildman–Crippen MR) is 162 cm³/mol. The summed E-state index contributed by atoms with van der Waals surface area (Å²) in [6.45, 7) is 1.28. The molecule has 0 bridgehead atoms. The van der Waals surface area contributed by atoms with Crippen molar-refractivity contribution in [2.24, 2.45) is 0 Å². The van der Waals surface area contributed by atoms with Crippen LogP contribution in [0.15, 0.2) is 103 Å². The van der Waals surface area contributed by atoms with Crippen molar-refractivity contribution in [3.05, 3.63) is 124 Å². The number of methoxy groups -OCH3 is 1. The summed E-state index contributed by atoms with van der Waals surface area (Å²) in [5.41, 5.74) is 2.78. The molecule has 1 fully saturated rings. The first-order valence-electron chi connectivity index (χ1n) is 14.0. The maximum Gasteiger partial charge on any atom is 0.338 e. The van der Waals surface area contributed by atoms with Crippen LogP contribution in [-0.4, -0.2) is 46.1 Å². The maximum absolute atomic E-state index is 12.6. The summed E-state index contributed by atoms with van der Waals surface area (Å²) in [7, 11) is 1.61. The number of benzene rings is 2. The van der Waals surface area contributed by atoms with E-state index in [1.165, 1.54) is 4.68 Å².